The van der Waals surface area contributed by atoms with Crippen LogP contribution in [-0.2, 0) is 31.9 Å². The summed E-state index contributed by atoms with van der Waals surface area (Å²) in [5.41, 5.74) is 4.28. The molecule has 0 bridgehead atoms. The van der Waals surface area contributed by atoms with E-state index in [1.54, 1.807) is 0 Å². The van der Waals surface area contributed by atoms with Crippen LogP contribution < -0.4 is 5.48 Å². The molecule has 19 heavy (non-hydrogen) atoms. The first-order valence-electron chi connectivity index (χ1n) is 5.93. The SMILES string of the molecule is CCOP(=S)(OCC)ONc1ccccc1CC#N. The van der Waals surface area contributed by atoms with E-state index in [2.05, 4.69) is 11.5 Å². The Balaban J connectivity index is 2.74. The predicted molar refractivity (Wildman–Crippen MR) is 78.0 cm³/mol. The van der Waals surface area contributed by atoms with Crippen LogP contribution >= 0.6 is 6.72 Å². The maximum atomic E-state index is 8.76. The van der Waals surface area contributed by atoms with Gasteiger partial charge in [-0.1, -0.05) is 18.2 Å². The van der Waals surface area contributed by atoms with Gasteiger partial charge in [-0.25, -0.2) is 0 Å². The van der Waals surface area contributed by atoms with Crippen LogP contribution in [0.1, 0.15) is 19.4 Å². The lowest BCUT2D eigenvalue weighted by molar-refractivity contribution is 0.189. The lowest BCUT2D eigenvalue weighted by atomic mass is 10.1. The van der Waals surface area contributed by atoms with E-state index in [9.17, 15) is 0 Å². The van der Waals surface area contributed by atoms with Crippen LogP contribution in [0.15, 0.2) is 24.3 Å². The lowest BCUT2D eigenvalue weighted by Crippen LogP contribution is -2.06. The van der Waals surface area contributed by atoms with Crippen molar-refractivity contribution in [3.05, 3.63) is 29.8 Å². The number of para-hydroxylation sites is 1. The molecule has 0 unspecified atom stereocenters. The van der Waals surface area contributed by atoms with Crippen LogP contribution in [0, 0.1) is 11.3 Å². The predicted octanol–water partition coefficient (Wildman–Crippen LogP) is 3.39. The van der Waals surface area contributed by atoms with Crippen LogP contribution in [-0.4, -0.2) is 13.2 Å². The van der Waals surface area contributed by atoms with Crippen molar-refractivity contribution >= 4 is 24.2 Å². The van der Waals surface area contributed by atoms with Crippen molar-refractivity contribution in [3.8, 4) is 6.07 Å². The van der Waals surface area contributed by atoms with E-state index in [0.29, 0.717) is 25.3 Å². The van der Waals surface area contributed by atoms with Gasteiger partial charge in [0.05, 0.1) is 31.4 Å². The number of benzene rings is 1. The second-order valence-electron chi connectivity index (χ2n) is 3.47. The highest BCUT2D eigenvalue weighted by molar-refractivity contribution is 8.07. The zero-order valence-electron chi connectivity index (χ0n) is 11.0. The maximum absolute atomic E-state index is 8.76. The Morgan fingerprint density at radius 2 is 1.89 bits per heavy atom. The van der Waals surface area contributed by atoms with Crippen LogP contribution in [0.4, 0.5) is 5.69 Å². The summed E-state index contributed by atoms with van der Waals surface area (Å²) in [4.78, 5) is 0. The second kappa shape index (κ2) is 8.26. The Hall–Kier alpha value is -0.960. The average Bonchev–Trinajstić information content (AvgIpc) is 2.39. The first kappa shape index (κ1) is 16.1. The fourth-order valence-electron chi connectivity index (χ4n) is 1.37. The fourth-order valence-corrected chi connectivity index (χ4v) is 3.14. The minimum absolute atomic E-state index is 0.290. The van der Waals surface area contributed by atoms with E-state index < -0.39 is 6.72 Å². The summed E-state index contributed by atoms with van der Waals surface area (Å²) in [7, 11) is 0. The quantitative estimate of drug-likeness (QED) is 0.586. The van der Waals surface area contributed by atoms with Gasteiger partial charge >= 0.3 is 6.72 Å². The molecule has 0 atom stereocenters. The number of hydrogen-bond donors (Lipinski definition) is 1. The minimum Gasteiger partial charge on any atom is -0.308 e. The number of anilines is 1. The molecule has 104 valence electrons. The molecule has 0 radical (unpaired) electrons. The molecule has 1 N–H and O–H groups in total. The summed E-state index contributed by atoms with van der Waals surface area (Å²) >= 11 is 5.22. The monoisotopic (exact) mass is 300 g/mol. The molecule has 0 aliphatic heterocycles. The molecule has 5 nitrogen and oxygen atoms in total. The van der Waals surface area contributed by atoms with Gasteiger partial charge < -0.3 is 9.05 Å². The molecule has 1 aromatic rings. The maximum Gasteiger partial charge on any atom is 0.349 e. The molecule has 1 rings (SSSR count). The van der Waals surface area contributed by atoms with Gasteiger partial charge in [-0.15, -0.1) is 0 Å². The molecule has 0 heterocycles. The van der Waals surface area contributed by atoms with E-state index in [-0.39, 0.29) is 0 Å². The molecule has 0 amide bonds. The highest BCUT2D eigenvalue weighted by Crippen LogP contribution is 2.49. The Bertz CT molecular complexity index is 480. The number of rotatable bonds is 8. The molecule has 0 aromatic heterocycles. The van der Waals surface area contributed by atoms with E-state index in [0.717, 1.165) is 5.56 Å². The van der Waals surface area contributed by atoms with E-state index in [4.69, 9.17) is 30.7 Å². The number of nitrogens with one attached hydrogen (secondary N) is 1. The Morgan fingerprint density at radius 1 is 1.26 bits per heavy atom. The van der Waals surface area contributed by atoms with Crippen molar-refractivity contribution in [2.45, 2.75) is 20.3 Å². The zero-order valence-corrected chi connectivity index (χ0v) is 12.7. The fraction of sp³-hybridized carbons (Fsp3) is 0.417. The molecule has 0 aliphatic rings. The normalized spacial score (nSPS) is 11.0. The highest BCUT2D eigenvalue weighted by atomic mass is 32.5. The molecule has 0 aliphatic carbocycles. The average molecular weight is 300 g/mol. The summed E-state index contributed by atoms with van der Waals surface area (Å²) in [5, 5.41) is 8.76. The van der Waals surface area contributed by atoms with Crippen LogP contribution in [0.25, 0.3) is 0 Å². The standard InChI is InChI=1S/C12H17N2O3PS/c1-3-15-18(19,16-4-2)17-14-12-8-6-5-7-11(12)9-10-13/h5-8,14H,3-4,9H2,1-2H3. The summed E-state index contributed by atoms with van der Waals surface area (Å²) in [6.45, 7) is 1.70. The lowest BCUT2D eigenvalue weighted by Gasteiger charge is -2.21. The largest absolute Gasteiger partial charge is 0.349 e. The van der Waals surface area contributed by atoms with Gasteiger partial charge in [-0.2, -0.15) is 9.89 Å². The minimum atomic E-state index is -2.78. The third-order valence-electron chi connectivity index (χ3n) is 2.13. The van der Waals surface area contributed by atoms with Crippen molar-refractivity contribution in [1.82, 2.24) is 0 Å². The van der Waals surface area contributed by atoms with Crippen molar-refractivity contribution in [2.75, 3.05) is 18.7 Å². The van der Waals surface area contributed by atoms with Gasteiger partial charge in [0.25, 0.3) is 0 Å². The molecular weight excluding hydrogens is 283 g/mol. The third-order valence-corrected chi connectivity index (χ3v) is 4.45. The number of nitrogens with zero attached hydrogens (tertiary/aromatic N) is 1. The van der Waals surface area contributed by atoms with Gasteiger partial charge in [0.2, 0.25) is 0 Å². The summed E-state index contributed by atoms with van der Waals surface area (Å²) in [6.07, 6.45) is 0.290. The second-order valence-corrected chi connectivity index (χ2v) is 6.40. The van der Waals surface area contributed by atoms with Gasteiger partial charge in [-0.05, 0) is 37.3 Å². The van der Waals surface area contributed by atoms with Gasteiger partial charge in [0.1, 0.15) is 0 Å². The van der Waals surface area contributed by atoms with Gasteiger partial charge in [0, 0.05) is 0 Å². The van der Waals surface area contributed by atoms with Crippen molar-refractivity contribution in [2.24, 2.45) is 0 Å². The number of hydrogen-bond acceptors (Lipinski definition) is 6. The van der Waals surface area contributed by atoms with Gasteiger partial charge in [0.15, 0.2) is 0 Å². The smallest absolute Gasteiger partial charge is 0.308 e. The van der Waals surface area contributed by atoms with Gasteiger partial charge in [-0.3, -0.25) is 5.48 Å². The topological polar surface area (TPSA) is 63.5 Å². The van der Waals surface area contributed by atoms with Crippen LogP contribution in [0.5, 0.6) is 0 Å². The first-order valence-corrected chi connectivity index (χ1v) is 8.49. The Labute approximate surface area is 118 Å². The molecule has 0 fully saturated rings. The van der Waals surface area contributed by atoms with Crippen LogP contribution in [0.3, 0.4) is 0 Å². The molecule has 1 aromatic carbocycles. The third kappa shape index (κ3) is 5.27. The van der Waals surface area contributed by atoms with E-state index >= 15 is 0 Å². The van der Waals surface area contributed by atoms with Crippen molar-refractivity contribution in [3.63, 3.8) is 0 Å². The molecular formula is C12H17N2O3PS. The Morgan fingerprint density at radius 3 is 2.47 bits per heavy atom. The summed E-state index contributed by atoms with van der Waals surface area (Å²) < 4.78 is 16.1. The number of nitriles is 1. The molecule has 0 saturated carbocycles. The van der Waals surface area contributed by atoms with Crippen molar-refractivity contribution < 1.29 is 13.7 Å². The van der Waals surface area contributed by atoms with E-state index in [1.807, 2.05) is 38.1 Å². The summed E-state index contributed by atoms with van der Waals surface area (Å²) in [5.74, 6) is 0. The molecule has 0 saturated heterocycles. The highest BCUT2D eigenvalue weighted by Gasteiger charge is 2.20. The Kier molecular flexibility index (Phi) is 7.00. The summed E-state index contributed by atoms with van der Waals surface area (Å²) in [6, 6.07) is 9.46. The first-order chi connectivity index (χ1) is 9.15. The van der Waals surface area contributed by atoms with Crippen molar-refractivity contribution in [1.29, 1.82) is 5.26 Å². The van der Waals surface area contributed by atoms with Crippen LogP contribution in [0.2, 0.25) is 0 Å². The zero-order chi connectivity index (χ0) is 14.1. The molecule has 7 heteroatoms. The molecule has 0 spiro atoms. The van der Waals surface area contributed by atoms with E-state index in [1.165, 1.54) is 0 Å².